The molecule has 0 aromatic heterocycles. The molecule has 1 N–H and O–H groups in total. The van der Waals surface area contributed by atoms with Crippen LogP contribution in [0.1, 0.15) is 15.9 Å². The molecule has 18 heavy (non-hydrogen) atoms. The van der Waals surface area contributed by atoms with Gasteiger partial charge in [0.2, 0.25) is 0 Å². The number of hydrogen-bond donors (Lipinski definition) is 1. The van der Waals surface area contributed by atoms with E-state index in [1.807, 2.05) is 6.92 Å². The molecule has 0 radical (unpaired) electrons. The second-order valence-electron chi connectivity index (χ2n) is 4.39. The maximum Gasteiger partial charge on any atom is 0.254 e. The summed E-state index contributed by atoms with van der Waals surface area (Å²) in [7, 11) is 0. The molecule has 1 unspecified atom stereocenters. The Kier molecular flexibility index (Phi) is 4.22. The minimum absolute atomic E-state index is 0.0449. The molecule has 0 bridgehead atoms. The maximum absolute atomic E-state index is 12.3. The highest BCUT2D eigenvalue weighted by Crippen LogP contribution is 2.18. The lowest BCUT2D eigenvalue weighted by atomic mass is 10.1. The standard InChI is InChI=1S/C13H16ClNO3/c1-9-6-10(2-3-12(9)14)13(17)15-4-5-18-11(7-15)8-16/h2-3,6,11,16H,4-5,7-8H2,1H3. The van der Waals surface area contributed by atoms with Gasteiger partial charge < -0.3 is 14.7 Å². The maximum atomic E-state index is 12.3. The Morgan fingerprint density at radius 1 is 1.61 bits per heavy atom. The molecule has 5 heteroatoms. The van der Waals surface area contributed by atoms with Crippen LogP contribution in [-0.4, -0.2) is 48.3 Å². The summed E-state index contributed by atoms with van der Waals surface area (Å²) < 4.78 is 5.32. The number of aryl methyl sites for hydroxylation is 1. The Bertz CT molecular complexity index is 450. The van der Waals surface area contributed by atoms with Gasteiger partial charge in [0, 0.05) is 23.7 Å². The summed E-state index contributed by atoms with van der Waals surface area (Å²) in [6.07, 6.45) is -0.281. The highest BCUT2D eigenvalue weighted by Gasteiger charge is 2.24. The van der Waals surface area contributed by atoms with E-state index in [-0.39, 0.29) is 18.6 Å². The Morgan fingerprint density at radius 2 is 2.39 bits per heavy atom. The van der Waals surface area contributed by atoms with Crippen molar-refractivity contribution in [2.45, 2.75) is 13.0 Å². The van der Waals surface area contributed by atoms with Crippen molar-refractivity contribution in [2.24, 2.45) is 0 Å². The van der Waals surface area contributed by atoms with Gasteiger partial charge in [0.05, 0.1) is 19.3 Å². The van der Waals surface area contributed by atoms with Crippen molar-refractivity contribution in [3.63, 3.8) is 0 Å². The van der Waals surface area contributed by atoms with Crippen molar-refractivity contribution in [1.82, 2.24) is 4.90 Å². The van der Waals surface area contributed by atoms with E-state index in [1.165, 1.54) is 0 Å². The fraction of sp³-hybridized carbons (Fsp3) is 0.462. The number of hydrogen-bond acceptors (Lipinski definition) is 3. The van der Waals surface area contributed by atoms with Crippen LogP contribution < -0.4 is 0 Å². The van der Waals surface area contributed by atoms with Gasteiger partial charge in [-0.3, -0.25) is 4.79 Å². The van der Waals surface area contributed by atoms with E-state index in [4.69, 9.17) is 21.4 Å². The first-order valence-electron chi connectivity index (χ1n) is 5.89. The third-order valence-electron chi connectivity index (χ3n) is 3.03. The van der Waals surface area contributed by atoms with Crippen molar-refractivity contribution >= 4 is 17.5 Å². The largest absolute Gasteiger partial charge is 0.394 e. The molecule has 1 fully saturated rings. The van der Waals surface area contributed by atoms with Crippen molar-refractivity contribution in [3.8, 4) is 0 Å². The Balaban J connectivity index is 2.12. The number of halogens is 1. The van der Waals surface area contributed by atoms with Gasteiger partial charge in [-0.15, -0.1) is 0 Å². The monoisotopic (exact) mass is 269 g/mol. The number of carbonyl (C=O) groups excluding carboxylic acids is 1. The number of morpholine rings is 1. The summed E-state index contributed by atoms with van der Waals surface area (Å²) in [5.41, 5.74) is 1.50. The number of aliphatic hydroxyl groups is 1. The summed E-state index contributed by atoms with van der Waals surface area (Å²) in [5, 5.41) is 9.72. The van der Waals surface area contributed by atoms with Crippen LogP contribution in [0.5, 0.6) is 0 Å². The van der Waals surface area contributed by atoms with E-state index in [2.05, 4.69) is 0 Å². The molecule has 0 spiro atoms. The van der Waals surface area contributed by atoms with E-state index in [9.17, 15) is 4.79 Å². The minimum Gasteiger partial charge on any atom is -0.394 e. The average molecular weight is 270 g/mol. The van der Waals surface area contributed by atoms with E-state index < -0.39 is 0 Å². The van der Waals surface area contributed by atoms with Gasteiger partial charge in [0.1, 0.15) is 0 Å². The second kappa shape index (κ2) is 5.69. The van der Waals surface area contributed by atoms with Crippen LogP contribution in [0.4, 0.5) is 0 Å². The van der Waals surface area contributed by atoms with Gasteiger partial charge in [-0.1, -0.05) is 11.6 Å². The Labute approximate surface area is 111 Å². The molecule has 1 amide bonds. The van der Waals surface area contributed by atoms with Crippen LogP contribution in [0.3, 0.4) is 0 Å². The van der Waals surface area contributed by atoms with Crippen LogP contribution in [0.15, 0.2) is 18.2 Å². The fourth-order valence-corrected chi connectivity index (χ4v) is 2.09. The Hall–Kier alpha value is -1.10. The minimum atomic E-state index is -0.281. The van der Waals surface area contributed by atoms with Gasteiger partial charge in [-0.25, -0.2) is 0 Å². The molecule has 0 aliphatic carbocycles. The molecule has 1 aromatic carbocycles. The van der Waals surface area contributed by atoms with Gasteiger partial charge >= 0.3 is 0 Å². The van der Waals surface area contributed by atoms with E-state index in [0.717, 1.165) is 5.56 Å². The van der Waals surface area contributed by atoms with Crippen LogP contribution in [0.2, 0.25) is 5.02 Å². The zero-order chi connectivity index (χ0) is 13.1. The highest BCUT2D eigenvalue weighted by atomic mass is 35.5. The molecule has 1 heterocycles. The van der Waals surface area contributed by atoms with E-state index >= 15 is 0 Å². The summed E-state index contributed by atoms with van der Waals surface area (Å²) >= 11 is 5.94. The SMILES string of the molecule is Cc1cc(C(=O)N2CCOC(CO)C2)ccc1Cl. The molecular formula is C13H16ClNO3. The van der Waals surface area contributed by atoms with Gasteiger partial charge in [0.15, 0.2) is 0 Å². The highest BCUT2D eigenvalue weighted by molar-refractivity contribution is 6.31. The first kappa shape index (κ1) is 13.3. The quantitative estimate of drug-likeness (QED) is 0.885. The predicted molar refractivity (Wildman–Crippen MR) is 68.9 cm³/mol. The molecule has 2 rings (SSSR count). The first-order chi connectivity index (χ1) is 8.61. The predicted octanol–water partition coefficient (Wildman–Crippen LogP) is 1.48. The zero-order valence-corrected chi connectivity index (χ0v) is 11.0. The van der Waals surface area contributed by atoms with Crippen LogP contribution in [-0.2, 0) is 4.74 Å². The second-order valence-corrected chi connectivity index (χ2v) is 4.80. The summed E-state index contributed by atoms with van der Waals surface area (Å²) in [6, 6.07) is 5.24. The van der Waals surface area contributed by atoms with Crippen molar-refractivity contribution in [2.75, 3.05) is 26.3 Å². The topological polar surface area (TPSA) is 49.8 Å². The van der Waals surface area contributed by atoms with E-state index in [1.54, 1.807) is 23.1 Å². The number of aliphatic hydroxyl groups excluding tert-OH is 1. The summed E-state index contributed by atoms with van der Waals surface area (Å²) in [5.74, 6) is -0.0449. The molecule has 1 saturated heterocycles. The van der Waals surface area contributed by atoms with Gasteiger partial charge in [-0.2, -0.15) is 0 Å². The third kappa shape index (κ3) is 2.83. The number of nitrogens with zero attached hydrogens (tertiary/aromatic N) is 1. The normalized spacial score (nSPS) is 19.9. The summed E-state index contributed by atoms with van der Waals surface area (Å²) in [6.45, 7) is 3.25. The third-order valence-corrected chi connectivity index (χ3v) is 3.46. The zero-order valence-electron chi connectivity index (χ0n) is 10.2. The smallest absolute Gasteiger partial charge is 0.254 e. The summed E-state index contributed by atoms with van der Waals surface area (Å²) in [4.78, 5) is 14.0. The molecule has 1 atom stereocenters. The number of ether oxygens (including phenoxy) is 1. The molecule has 0 saturated carbocycles. The molecular weight excluding hydrogens is 254 g/mol. The molecule has 4 nitrogen and oxygen atoms in total. The van der Waals surface area contributed by atoms with Crippen LogP contribution in [0, 0.1) is 6.92 Å². The molecule has 1 aliphatic heterocycles. The average Bonchev–Trinajstić information content (AvgIpc) is 2.41. The van der Waals surface area contributed by atoms with Crippen molar-refractivity contribution in [3.05, 3.63) is 34.3 Å². The van der Waals surface area contributed by atoms with Crippen molar-refractivity contribution < 1.29 is 14.6 Å². The fourth-order valence-electron chi connectivity index (χ4n) is 1.97. The lowest BCUT2D eigenvalue weighted by molar-refractivity contribution is -0.0447. The first-order valence-corrected chi connectivity index (χ1v) is 6.27. The molecule has 1 aromatic rings. The number of rotatable bonds is 2. The van der Waals surface area contributed by atoms with Gasteiger partial charge in [-0.05, 0) is 30.7 Å². The molecule has 1 aliphatic rings. The Morgan fingerprint density at radius 3 is 3.06 bits per heavy atom. The molecule has 98 valence electrons. The van der Waals surface area contributed by atoms with Crippen molar-refractivity contribution in [1.29, 1.82) is 0 Å². The number of amides is 1. The van der Waals surface area contributed by atoms with Gasteiger partial charge in [0.25, 0.3) is 5.91 Å². The lowest BCUT2D eigenvalue weighted by Crippen LogP contribution is -2.46. The van der Waals surface area contributed by atoms with E-state index in [0.29, 0.717) is 30.3 Å². The van der Waals surface area contributed by atoms with Crippen LogP contribution in [0.25, 0.3) is 0 Å². The number of benzene rings is 1. The number of carbonyl (C=O) groups is 1. The van der Waals surface area contributed by atoms with Crippen LogP contribution >= 0.6 is 11.6 Å². The lowest BCUT2D eigenvalue weighted by Gasteiger charge is -2.32.